The van der Waals surface area contributed by atoms with Crippen molar-refractivity contribution in [1.82, 2.24) is 19.7 Å². The fourth-order valence-electron chi connectivity index (χ4n) is 3.17. The molecule has 0 aliphatic heterocycles. The van der Waals surface area contributed by atoms with Gasteiger partial charge in [-0.25, -0.2) is 4.68 Å². The number of aryl methyl sites for hydroxylation is 1. The molecule has 0 bridgehead atoms. The fourth-order valence-corrected chi connectivity index (χ4v) is 3.17. The number of aromatic nitrogens is 3. The Morgan fingerprint density at radius 2 is 1.64 bits per heavy atom. The van der Waals surface area contributed by atoms with Crippen LogP contribution in [-0.2, 0) is 13.6 Å². The highest BCUT2D eigenvalue weighted by Gasteiger charge is 2.18. The number of nitrogens with one attached hydrogen (secondary N) is 1. The van der Waals surface area contributed by atoms with Gasteiger partial charge in [-0.1, -0.05) is 48.5 Å². The Balaban J connectivity index is 1.67. The highest BCUT2D eigenvalue weighted by Crippen LogP contribution is 2.23. The Morgan fingerprint density at radius 3 is 2.29 bits per heavy atom. The van der Waals surface area contributed by atoms with Crippen molar-refractivity contribution in [3.8, 4) is 16.9 Å². The van der Waals surface area contributed by atoms with Crippen LogP contribution < -0.4 is 5.32 Å². The lowest BCUT2D eigenvalue weighted by Crippen LogP contribution is -2.24. The standard InChI is InChI=1S/C23H22N4O/c1-17-13-14-20(26(17)2)15-24-23(28)21-16-27(19-11-7-4-8-12-19)25-22(21)18-9-5-3-6-10-18/h3-14,16H,15H2,1-2H3,(H,24,28). The lowest BCUT2D eigenvalue weighted by atomic mass is 10.1. The lowest BCUT2D eigenvalue weighted by molar-refractivity contribution is 0.0950. The van der Waals surface area contributed by atoms with Gasteiger partial charge in [0.25, 0.3) is 5.91 Å². The largest absolute Gasteiger partial charge is 0.350 e. The summed E-state index contributed by atoms with van der Waals surface area (Å²) in [6, 6.07) is 23.7. The molecular formula is C23H22N4O. The summed E-state index contributed by atoms with van der Waals surface area (Å²) in [5.41, 5.74) is 5.27. The molecule has 0 fully saturated rings. The van der Waals surface area contributed by atoms with E-state index in [9.17, 15) is 4.79 Å². The molecule has 0 saturated carbocycles. The number of carbonyl (C=O) groups excluding carboxylic acids is 1. The van der Waals surface area contributed by atoms with Crippen molar-refractivity contribution >= 4 is 5.91 Å². The molecule has 0 spiro atoms. The molecule has 0 saturated heterocycles. The molecule has 4 aromatic rings. The summed E-state index contributed by atoms with van der Waals surface area (Å²) in [5, 5.41) is 7.73. The minimum absolute atomic E-state index is 0.139. The molecular weight excluding hydrogens is 348 g/mol. The van der Waals surface area contributed by atoms with Crippen LogP contribution >= 0.6 is 0 Å². The maximum atomic E-state index is 13.0. The van der Waals surface area contributed by atoms with Crippen LogP contribution in [0.3, 0.4) is 0 Å². The Hall–Kier alpha value is -3.60. The number of benzene rings is 2. The number of carbonyl (C=O) groups is 1. The van der Waals surface area contributed by atoms with Gasteiger partial charge in [-0.2, -0.15) is 5.10 Å². The quantitative estimate of drug-likeness (QED) is 0.575. The molecule has 0 aliphatic rings. The lowest BCUT2D eigenvalue weighted by Gasteiger charge is -2.07. The predicted octanol–water partition coefficient (Wildman–Crippen LogP) is 4.12. The van der Waals surface area contributed by atoms with Crippen molar-refractivity contribution < 1.29 is 4.79 Å². The van der Waals surface area contributed by atoms with Crippen LogP contribution in [0, 0.1) is 6.92 Å². The number of hydrogen-bond acceptors (Lipinski definition) is 2. The van der Waals surface area contributed by atoms with E-state index in [1.807, 2.05) is 86.8 Å². The molecule has 5 nitrogen and oxygen atoms in total. The summed E-state index contributed by atoms with van der Waals surface area (Å²) in [4.78, 5) is 13.0. The van der Waals surface area contributed by atoms with Gasteiger partial charge in [-0.3, -0.25) is 4.79 Å². The zero-order chi connectivity index (χ0) is 19.5. The number of hydrogen-bond donors (Lipinski definition) is 1. The molecule has 2 aromatic heterocycles. The van der Waals surface area contributed by atoms with Gasteiger partial charge in [0.15, 0.2) is 0 Å². The molecule has 4 rings (SSSR count). The van der Waals surface area contributed by atoms with E-state index in [2.05, 4.69) is 9.88 Å². The summed E-state index contributed by atoms with van der Waals surface area (Å²) < 4.78 is 3.83. The third-order valence-corrected chi connectivity index (χ3v) is 4.93. The van der Waals surface area contributed by atoms with E-state index in [0.717, 1.165) is 22.6 Å². The van der Waals surface area contributed by atoms with E-state index in [4.69, 9.17) is 5.10 Å². The first-order valence-corrected chi connectivity index (χ1v) is 9.23. The summed E-state index contributed by atoms with van der Waals surface area (Å²) in [7, 11) is 2.00. The second kappa shape index (κ2) is 7.56. The third-order valence-electron chi connectivity index (χ3n) is 4.93. The molecule has 0 unspecified atom stereocenters. The van der Waals surface area contributed by atoms with Crippen molar-refractivity contribution in [2.24, 2.45) is 7.05 Å². The zero-order valence-electron chi connectivity index (χ0n) is 16.0. The van der Waals surface area contributed by atoms with Gasteiger partial charge >= 0.3 is 0 Å². The van der Waals surface area contributed by atoms with Crippen molar-refractivity contribution in [1.29, 1.82) is 0 Å². The van der Waals surface area contributed by atoms with Crippen molar-refractivity contribution in [3.63, 3.8) is 0 Å². The van der Waals surface area contributed by atoms with Gasteiger partial charge in [0.1, 0.15) is 5.69 Å². The van der Waals surface area contributed by atoms with Crippen LogP contribution in [-0.4, -0.2) is 20.3 Å². The maximum Gasteiger partial charge on any atom is 0.255 e. The van der Waals surface area contributed by atoms with Crippen molar-refractivity contribution in [3.05, 3.63) is 95.9 Å². The number of nitrogens with zero attached hydrogens (tertiary/aromatic N) is 3. The average molecular weight is 370 g/mol. The van der Waals surface area contributed by atoms with Crippen molar-refractivity contribution in [2.45, 2.75) is 13.5 Å². The SMILES string of the molecule is Cc1ccc(CNC(=O)c2cn(-c3ccccc3)nc2-c2ccccc2)n1C. The van der Waals surface area contributed by atoms with Crippen LogP contribution in [0.15, 0.2) is 79.0 Å². The van der Waals surface area contributed by atoms with Crippen LogP contribution in [0.2, 0.25) is 0 Å². The Bertz CT molecular complexity index is 1090. The second-order valence-electron chi connectivity index (χ2n) is 6.75. The van der Waals surface area contributed by atoms with Crippen LogP contribution in [0.4, 0.5) is 0 Å². The van der Waals surface area contributed by atoms with Crippen LogP contribution in [0.25, 0.3) is 16.9 Å². The van der Waals surface area contributed by atoms with E-state index >= 15 is 0 Å². The van der Waals surface area contributed by atoms with Gasteiger partial charge in [0.2, 0.25) is 0 Å². The monoisotopic (exact) mass is 370 g/mol. The molecule has 2 aromatic carbocycles. The normalized spacial score (nSPS) is 10.8. The van der Waals surface area contributed by atoms with E-state index in [1.165, 1.54) is 0 Å². The molecule has 28 heavy (non-hydrogen) atoms. The van der Waals surface area contributed by atoms with Crippen LogP contribution in [0.5, 0.6) is 0 Å². The fraction of sp³-hybridized carbons (Fsp3) is 0.130. The second-order valence-corrected chi connectivity index (χ2v) is 6.75. The number of para-hydroxylation sites is 1. The smallest absolute Gasteiger partial charge is 0.255 e. The van der Waals surface area contributed by atoms with Gasteiger partial charge < -0.3 is 9.88 Å². The molecule has 2 heterocycles. The molecule has 0 radical (unpaired) electrons. The van der Waals surface area contributed by atoms with E-state index < -0.39 is 0 Å². The first kappa shape index (κ1) is 17.8. The number of rotatable bonds is 5. The predicted molar refractivity (Wildman–Crippen MR) is 110 cm³/mol. The Kier molecular flexibility index (Phi) is 4.81. The summed E-state index contributed by atoms with van der Waals surface area (Å²) in [6.45, 7) is 2.51. The van der Waals surface area contributed by atoms with Gasteiger partial charge in [-0.05, 0) is 31.2 Å². The molecule has 0 atom stereocenters. The van der Waals surface area contributed by atoms with Crippen molar-refractivity contribution in [2.75, 3.05) is 0 Å². The van der Waals surface area contributed by atoms with Gasteiger partial charge in [0.05, 0.1) is 17.8 Å². The zero-order valence-corrected chi connectivity index (χ0v) is 16.0. The highest BCUT2D eigenvalue weighted by atomic mass is 16.1. The molecule has 0 aliphatic carbocycles. The topological polar surface area (TPSA) is 51.9 Å². The van der Waals surface area contributed by atoms with Gasteiger partial charge in [0, 0.05) is 30.2 Å². The first-order valence-electron chi connectivity index (χ1n) is 9.23. The molecule has 140 valence electrons. The molecule has 5 heteroatoms. The van der Waals surface area contributed by atoms with E-state index in [-0.39, 0.29) is 5.91 Å². The maximum absolute atomic E-state index is 13.0. The minimum atomic E-state index is -0.139. The number of amides is 1. The van der Waals surface area contributed by atoms with E-state index in [0.29, 0.717) is 17.8 Å². The molecule has 1 amide bonds. The first-order chi connectivity index (χ1) is 13.6. The molecule has 1 N–H and O–H groups in total. The van der Waals surface area contributed by atoms with Gasteiger partial charge in [-0.15, -0.1) is 0 Å². The Morgan fingerprint density at radius 1 is 0.964 bits per heavy atom. The van der Waals surface area contributed by atoms with E-state index in [1.54, 1.807) is 10.9 Å². The summed E-state index contributed by atoms with van der Waals surface area (Å²) in [5.74, 6) is -0.139. The van der Waals surface area contributed by atoms with Crippen LogP contribution in [0.1, 0.15) is 21.7 Å². The average Bonchev–Trinajstić information content (AvgIpc) is 3.32. The minimum Gasteiger partial charge on any atom is -0.350 e. The third kappa shape index (κ3) is 3.47. The summed E-state index contributed by atoms with van der Waals surface area (Å²) >= 11 is 0. The summed E-state index contributed by atoms with van der Waals surface area (Å²) in [6.07, 6.45) is 1.79. The Labute approximate surface area is 164 Å². The highest BCUT2D eigenvalue weighted by molar-refractivity contribution is 5.99.